The number of fused-ring (bicyclic) bond motifs is 5. The molecule has 0 atom stereocenters. The highest BCUT2D eigenvalue weighted by molar-refractivity contribution is 6.14. The Kier molecular flexibility index (Phi) is 5.31. The Morgan fingerprint density at radius 1 is 1.12 bits per heavy atom. The van der Waals surface area contributed by atoms with Crippen LogP contribution in [0.15, 0.2) is 24.3 Å². The molecule has 4 aliphatic rings. The number of nitrogens with zero attached hydrogens (tertiary/aromatic N) is 2. The molecule has 1 aliphatic carbocycles. The Labute approximate surface area is 161 Å². The Bertz CT molecular complexity index is 684. The summed E-state index contributed by atoms with van der Waals surface area (Å²) in [6, 6.07) is 7.57. The van der Waals surface area contributed by atoms with Crippen LogP contribution in [0.5, 0.6) is 0 Å². The fourth-order valence-corrected chi connectivity index (χ4v) is 4.69. The fraction of sp³-hybridized carbons (Fsp3) is 0.600. The summed E-state index contributed by atoms with van der Waals surface area (Å²) in [7, 11) is 0. The van der Waals surface area contributed by atoms with E-state index in [1.54, 1.807) is 4.90 Å². The Morgan fingerprint density at radius 3 is 2.31 bits per heavy atom. The van der Waals surface area contributed by atoms with Gasteiger partial charge in [0.25, 0.3) is 0 Å². The lowest BCUT2D eigenvalue weighted by Gasteiger charge is -2.42. The highest BCUT2D eigenvalue weighted by Crippen LogP contribution is 2.38. The molecule has 3 aliphatic heterocycles. The molecule has 142 valence electrons. The third kappa shape index (κ3) is 3.35. The molecule has 0 spiro atoms. The molecular weight excluding hydrogens is 350 g/mol. The van der Waals surface area contributed by atoms with Crippen LogP contribution in [0.25, 0.3) is 0 Å². The number of hydrogen-bond acceptors (Lipinski definition) is 3. The lowest BCUT2D eigenvalue weighted by atomic mass is 9.84. The number of benzene rings is 1. The van der Waals surface area contributed by atoms with Crippen molar-refractivity contribution in [3.05, 3.63) is 24.3 Å². The van der Waals surface area contributed by atoms with Crippen LogP contribution < -0.4 is 10.2 Å². The molecule has 1 saturated carbocycles. The number of hydrogen-bond donors (Lipinski definition) is 1. The predicted molar refractivity (Wildman–Crippen MR) is 106 cm³/mol. The van der Waals surface area contributed by atoms with Crippen molar-refractivity contribution in [2.75, 3.05) is 29.9 Å². The Morgan fingerprint density at radius 2 is 1.69 bits per heavy atom. The van der Waals surface area contributed by atoms with Crippen LogP contribution in [0.1, 0.15) is 39.5 Å². The monoisotopic (exact) mass is 377 g/mol. The Balaban J connectivity index is 0.00000196. The van der Waals surface area contributed by atoms with E-state index in [1.165, 1.54) is 25.7 Å². The van der Waals surface area contributed by atoms with Gasteiger partial charge in [0, 0.05) is 13.1 Å². The van der Waals surface area contributed by atoms with Crippen molar-refractivity contribution in [1.29, 1.82) is 0 Å². The van der Waals surface area contributed by atoms with E-state index >= 15 is 0 Å². The number of amides is 2. The van der Waals surface area contributed by atoms with Crippen molar-refractivity contribution in [3.63, 3.8) is 0 Å². The number of halogens is 1. The highest BCUT2D eigenvalue weighted by Gasteiger charge is 2.44. The van der Waals surface area contributed by atoms with E-state index < -0.39 is 5.54 Å². The molecule has 1 N–H and O–H groups in total. The number of carbonyl (C=O) groups is 2. The van der Waals surface area contributed by atoms with Gasteiger partial charge in [0.2, 0.25) is 11.8 Å². The maximum absolute atomic E-state index is 13.2. The first-order chi connectivity index (χ1) is 11.9. The molecule has 0 unspecified atom stereocenters. The molecule has 3 heterocycles. The smallest absolute Gasteiger partial charge is 0.250 e. The topological polar surface area (TPSA) is 52.7 Å². The summed E-state index contributed by atoms with van der Waals surface area (Å²) in [5.74, 6) is 1.36. The van der Waals surface area contributed by atoms with Gasteiger partial charge in [0.05, 0.1) is 17.9 Å². The average Bonchev–Trinajstić information content (AvgIpc) is 2.87. The van der Waals surface area contributed by atoms with E-state index in [2.05, 4.69) is 10.2 Å². The van der Waals surface area contributed by atoms with Gasteiger partial charge >= 0.3 is 0 Å². The van der Waals surface area contributed by atoms with Gasteiger partial charge in [-0.15, -0.1) is 12.4 Å². The number of rotatable bonds is 2. The number of carbonyl (C=O) groups excluding carboxylic acids is 2. The molecule has 6 heteroatoms. The summed E-state index contributed by atoms with van der Waals surface area (Å²) in [4.78, 5) is 29.8. The first kappa shape index (κ1) is 19.2. The molecule has 26 heavy (non-hydrogen) atoms. The molecule has 5 nitrogen and oxygen atoms in total. The van der Waals surface area contributed by atoms with Crippen LogP contribution >= 0.6 is 12.4 Å². The molecule has 1 aromatic rings. The molecule has 0 radical (unpaired) electrons. The molecule has 3 fully saturated rings. The number of para-hydroxylation sites is 2. The van der Waals surface area contributed by atoms with Gasteiger partial charge in [-0.05, 0) is 63.5 Å². The van der Waals surface area contributed by atoms with Gasteiger partial charge in [0.1, 0.15) is 5.54 Å². The van der Waals surface area contributed by atoms with Gasteiger partial charge in [-0.25, -0.2) is 0 Å². The van der Waals surface area contributed by atoms with Crippen LogP contribution in [0, 0.1) is 11.8 Å². The van der Waals surface area contributed by atoms with Crippen molar-refractivity contribution >= 4 is 35.6 Å². The summed E-state index contributed by atoms with van der Waals surface area (Å²) >= 11 is 0. The highest BCUT2D eigenvalue weighted by atomic mass is 35.5. The standard InChI is InChI=1S/C20H27N3O2.ClH/c1-20(2)19(25)21-16-5-3-4-6-17(16)23(20)18(24)13-22-11-14-7-8-15(12-22)10-9-14;/h3-6,14-15H,7-13H2,1-2H3,(H,21,25);1H. The normalized spacial score (nSPS) is 27.2. The third-order valence-corrected chi connectivity index (χ3v) is 6.12. The summed E-state index contributed by atoms with van der Waals surface area (Å²) in [5, 5.41) is 2.93. The summed E-state index contributed by atoms with van der Waals surface area (Å²) in [6.45, 7) is 6.08. The van der Waals surface area contributed by atoms with Gasteiger partial charge in [0.15, 0.2) is 0 Å². The number of nitrogens with one attached hydrogen (secondary N) is 1. The second kappa shape index (κ2) is 7.20. The van der Waals surface area contributed by atoms with Gasteiger partial charge < -0.3 is 5.32 Å². The average molecular weight is 378 g/mol. The summed E-state index contributed by atoms with van der Waals surface area (Å²) in [5.41, 5.74) is 0.641. The first-order valence-electron chi connectivity index (χ1n) is 9.41. The molecule has 2 saturated heterocycles. The van der Waals surface area contributed by atoms with Crippen molar-refractivity contribution in [2.45, 2.75) is 45.1 Å². The van der Waals surface area contributed by atoms with Crippen molar-refractivity contribution < 1.29 is 9.59 Å². The van der Waals surface area contributed by atoms with Crippen LogP contribution in [0.3, 0.4) is 0 Å². The molecule has 0 aromatic heterocycles. The minimum atomic E-state index is -0.879. The quantitative estimate of drug-likeness (QED) is 0.860. The van der Waals surface area contributed by atoms with Gasteiger partial charge in [-0.1, -0.05) is 12.1 Å². The maximum Gasteiger partial charge on any atom is 0.250 e. The Hall–Kier alpha value is -1.59. The second-order valence-corrected chi connectivity index (χ2v) is 8.34. The predicted octanol–water partition coefficient (Wildman–Crippen LogP) is 3.29. The molecule has 2 bridgehead atoms. The van der Waals surface area contributed by atoms with Crippen molar-refractivity contribution in [3.8, 4) is 0 Å². The second-order valence-electron chi connectivity index (χ2n) is 8.34. The maximum atomic E-state index is 13.2. The van der Waals surface area contributed by atoms with Gasteiger partial charge in [-0.2, -0.15) is 0 Å². The molecule has 5 rings (SSSR count). The summed E-state index contributed by atoms with van der Waals surface area (Å²) in [6.07, 6.45) is 5.21. The molecule has 2 amide bonds. The van der Waals surface area contributed by atoms with Crippen LogP contribution in [-0.4, -0.2) is 41.9 Å². The zero-order chi connectivity index (χ0) is 17.6. The third-order valence-electron chi connectivity index (χ3n) is 6.12. The lowest BCUT2D eigenvalue weighted by molar-refractivity contribution is -0.127. The first-order valence-corrected chi connectivity index (χ1v) is 9.41. The zero-order valence-electron chi connectivity index (χ0n) is 15.5. The van der Waals surface area contributed by atoms with E-state index in [9.17, 15) is 9.59 Å². The van der Waals surface area contributed by atoms with E-state index in [0.717, 1.165) is 36.3 Å². The minimum absolute atomic E-state index is 0. The molecule has 1 aromatic carbocycles. The lowest BCUT2D eigenvalue weighted by Crippen LogP contribution is -2.60. The molecular formula is C20H28ClN3O2. The fourth-order valence-electron chi connectivity index (χ4n) is 4.69. The SMILES string of the molecule is CC1(C)C(=O)Nc2ccccc2N1C(=O)CN1CC2CCC(CC2)C1.Cl. The van der Waals surface area contributed by atoms with Crippen LogP contribution in [-0.2, 0) is 9.59 Å². The van der Waals surface area contributed by atoms with Crippen molar-refractivity contribution in [2.24, 2.45) is 11.8 Å². The number of anilines is 2. The zero-order valence-corrected chi connectivity index (χ0v) is 16.3. The van der Waals surface area contributed by atoms with E-state index in [1.807, 2.05) is 38.1 Å². The van der Waals surface area contributed by atoms with E-state index in [4.69, 9.17) is 0 Å². The minimum Gasteiger partial charge on any atom is -0.322 e. The summed E-state index contributed by atoms with van der Waals surface area (Å²) < 4.78 is 0. The van der Waals surface area contributed by atoms with Crippen molar-refractivity contribution in [1.82, 2.24) is 4.90 Å². The largest absolute Gasteiger partial charge is 0.322 e. The van der Waals surface area contributed by atoms with E-state index in [0.29, 0.717) is 6.54 Å². The van der Waals surface area contributed by atoms with Crippen LogP contribution in [0.4, 0.5) is 11.4 Å². The van der Waals surface area contributed by atoms with E-state index in [-0.39, 0.29) is 24.2 Å². The van der Waals surface area contributed by atoms with Crippen LogP contribution in [0.2, 0.25) is 0 Å². The van der Waals surface area contributed by atoms with Gasteiger partial charge in [-0.3, -0.25) is 19.4 Å².